The van der Waals surface area contributed by atoms with Gasteiger partial charge in [-0.05, 0) is 37.7 Å². The minimum atomic E-state index is 0.837. The van der Waals surface area contributed by atoms with E-state index < -0.39 is 0 Å². The van der Waals surface area contributed by atoms with Gasteiger partial charge in [0, 0.05) is 31.0 Å². The lowest BCUT2D eigenvalue weighted by molar-refractivity contribution is 0.293. The predicted octanol–water partition coefficient (Wildman–Crippen LogP) is 3.75. The van der Waals surface area contributed by atoms with E-state index in [2.05, 4.69) is 35.5 Å². The molecule has 18 heavy (non-hydrogen) atoms. The number of nitrogens with zero attached hydrogens (tertiary/aromatic N) is 1. The number of hydrogen-bond donors (Lipinski definition) is 2. The van der Waals surface area contributed by atoms with Crippen molar-refractivity contribution in [3.8, 4) is 0 Å². The van der Waals surface area contributed by atoms with Crippen LogP contribution in [0.5, 0.6) is 0 Å². The number of pyridine rings is 1. The Morgan fingerprint density at radius 3 is 3.00 bits per heavy atom. The van der Waals surface area contributed by atoms with Gasteiger partial charge in [-0.3, -0.25) is 0 Å². The van der Waals surface area contributed by atoms with E-state index in [1.54, 1.807) is 0 Å². The van der Waals surface area contributed by atoms with Crippen molar-refractivity contribution < 1.29 is 0 Å². The third-order valence-corrected chi connectivity index (χ3v) is 3.76. The standard InChI is InChI=1S/C15H25N3/c1-3-16-15-10-14(7-8-17-15)18-11-13-6-4-5-12(2)9-13/h7-8,10,12-13H,3-6,9,11H2,1-2H3,(H2,16,17,18). The van der Waals surface area contributed by atoms with Gasteiger partial charge in [-0.25, -0.2) is 4.98 Å². The molecule has 0 amide bonds. The Hall–Kier alpha value is -1.25. The van der Waals surface area contributed by atoms with Crippen molar-refractivity contribution in [2.45, 2.75) is 39.5 Å². The summed E-state index contributed by atoms with van der Waals surface area (Å²) in [7, 11) is 0. The van der Waals surface area contributed by atoms with Gasteiger partial charge in [-0.1, -0.05) is 19.8 Å². The van der Waals surface area contributed by atoms with Gasteiger partial charge in [-0.2, -0.15) is 0 Å². The number of anilines is 2. The van der Waals surface area contributed by atoms with Crippen molar-refractivity contribution in [2.24, 2.45) is 11.8 Å². The molecule has 2 atom stereocenters. The second kappa shape index (κ2) is 6.62. The van der Waals surface area contributed by atoms with Crippen molar-refractivity contribution in [3.05, 3.63) is 18.3 Å². The first kappa shape index (κ1) is 13.2. The molecule has 100 valence electrons. The topological polar surface area (TPSA) is 37.0 Å². The molecule has 0 aliphatic heterocycles. The number of aromatic nitrogens is 1. The maximum Gasteiger partial charge on any atom is 0.127 e. The molecule has 3 nitrogen and oxygen atoms in total. The highest BCUT2D eigenvalue weighted by Crippen LogP contribution is 2.28. The summed E-state index contributed by atoms with van der Waals surface area (Å²) in [5.74, 6) is 2.70. The summed E-state index contributed by atoms with van der Waals surface area (Å²) < 4.78 is 0. The Morgan fingerprint density at radius 2 is 2.22 bits per heavy atom. The summed E-state index contributed by atoms with van der Waals surface area (Å²) in [6.45, 7) is 6.48. The summed E-state index contributed by atoms with van der Waals surface area (Å²) in [5, 5.41) is 6.80. The number of hydrogen-bond acceptors (Lipinski definition) is 3. The lowest BCUT2D eigenvalue weighted by atomic mass is 9.82. The molecule has 2 unspecified atom stereocenters. The van der Waals surface area contributed by atoms with Gasteiger partial charge in [0.25, 0.3) is 0 Å². The SMILES string of the molecule is CCNc1cc(NCC2CCCC(C)C2)ccn1. The fourth-order valence-electron chi connectivity index (χ4n) is 2.83. The first-order valence-electron chi connectivity index (χ1n) is 7.21. The van der Waals surface area contributed by atoms with Crippen LogP contribution in [-0.4, -0.2) is 18.1 Å². The quantitative estimate of drug-likeness (QED) is 0.832. The molecule has 0 saturated heterocycles. The molecule has 1 aliphatic rings. The van der Waals surface area contributed by atoms with Crippen molar-refractivity contribution in [1.82, 2.24) is 4.98 Å². The van der Waals surface area contributed by atoms with Crippen LogP contribution in [0.4, 0.5) is 11.5 Å². The molecular formula is C15H25N3. The lowest BCUT2D eigenvalue weighted by Crippen LogP contribution is -2.21. The van der Waals surface area contributed by atoms with Gasteiger partial charge < -0.3 is 10.6 Å². The van der Waals surface area contributed by atoms with E-state index in [1.165, 1.54) is 31.4 Å². The average Bonchev–Trinajstić information content (AvgIpc) is 2.37. The molecule has 2 N–H and O–H groups in total. The monoisotopic (exact) mass is 247 g/mol. The summed E-state index contributed by atoms with van der Waals surface area (Å²) in [6, 6.07) is 4.14. The van der Waals surface area contributed by atoms with E-state index in [-0.39, 0.29) is 0 Å². The maximum atomic E-state index is 4.28. The van der Waals surface area contributed by atoms with Crippen LogP contribution in [0.3, 0.4) is 0 Å². The molecule has 2 rings (SSSR count). The van der Waals surface area contributed by atoms with E-state index >= 15 is 0 Å². The first-order valence-corrected chi connectivity index (χ1v) is 7.21. The van der Waals surface area contributed by atoms with E-state index in [9.17, 15) is 0 Å². The van der Waals surface area contributed by atoms with Crippen molar-refractivity contribution in [1.29, 1.82) is 0 Å². The number of nitrogens with one attached hydrogen (secondary N) is 2. The molecule has 0 spiro atoms. The molecule has 1 fully saturated rings. The largest absolute Gasteiger partial charge is 0.385 e. The minimum Gasteiger partial charge on any atom is -0.385 e. The van der Waals surface area contributed by atoms with E-state index in [4.69, 9.17) is 0 Å². The average molecular weight is 247 g/mol. The highest BCUT2D eigenvalue weighted by atomic mass is 15.0. The van der Waals surface area contributed by atoms with Crippen LogP contribution in [0.2, 0.25) is 0 Å². The Morgan fingerprint density at radius 1 is 1.33 bits per heavy atom. The first-order chi connectivity index (χ1) is 8.78. The van der Waals surface area contributed by atoms with E-state index in [0.717, 1.165) is 30.7 Å². The predicted molar refractivity (Wildman–Crippen MR) is 78.0 cm³/mol. The third kappa shape index (κ3) is 3.90. The summed E-state index contributed by atoms with van der Waals surface area (Å²) in [5.41, 5.74) is 1.18. The van der Waals surface area contributed by atoms with Gasteiger partial charge in [0.1, 0.15) is 5.82 Å². The van der Waals surface area contributed by atoms with E-state index in [0.29, 0.717) is 0 Å². The summed E-state index contributed by atoms with van der Waals surface area (Å²) in [4.78, 5) is 4.28. The Bertz CT molecular complexity index is 365. The molecule has 1 heterocycles. The van der Waals surface area contributed by atoms with Gasteiger partial charge in [0.15, 0.2) is 0 Å². The molecular weight excluding hydrogens is 222 g/mol. The molecule has 0 radical (unpaired) electrons. The zero-order valence-corrected chi connectivity index (χ0v) is 11.6. The Balaban J connectivity index is 1.83. The van der Waals surface area contributed by atoms with E-state index in [1.807, 2.05) is 12.3 Å². The smallest absolute Gasteiger partial charge is 0.127 e. The fourth-order valence-corrected chi connectivity index (χ4v) is 2.83. The van der Waals surface area contributed by atoms with Gasteiger partial charge in [-0.15, -0.1) is 0 Å². The third-order valence-electron chi connectivity index (χ3n) is 3.76. The molecule has 0 aromatic carbocycles. The van der Waals surface area contributed by atoms with Crippen molar-refractivity contribution in [3.63, 3.8) is 0 Å². The zero-order chi connectivity index (χ0) is 12.8. The zero-order valence-electron chi connectivity index (χ0n) is 11.6. The highest BCUT2D eigenvalue weighted by Gasteiger charge is 2.18. The van der Waals surface area contributed by atoms with Crippen molar-refractivity contribution in [2.75, 3.05) is 23.7 Å². The molecule has 0 bridgehead atoms. The Kier molecular flexibility index (Phi) is 4.85. The number of rotatable bonds is 5. The van der Waals surface area contributed by atoms with Crippen LogP contribution >= 0.6 is 0 Å². The van der Waals surface area contributed by atoms with Gasteiger partial charge in [0.05, 0.1) is 0 Å². The lowest BCUT2D eigenvalue weighted by Gasteiger charge is -2.27. The second-order valence-corrected chi connectivity index (χ2v) is 5.48. The minimum absolute atomic E-state index is 0.837. The molecule has 1 aromatic rings. The Labute approximate surface area is 110 Å². The second-order valence-electron chi connectivity index (χ2n) is 5.48. The van der Waals surface area contributed by atoms with Crippen LogP contribution < -0.4 is 10.6 Å². The van der Waals surface area contributed by atoms with Crippen LogP contribution in [-0.2, 0) is 0 Å². The summed E-state index contributed by atoms with van der Waals surface area (Å²) in [6.07, 6.45) is 7.42. The molecule has 3 heteroatoms. The molecule has 1 saturated carbocycles. The highest BCUT2D eigenvalue weighted by molar-refractivity contribution is 5.51. The van der Waals surface area contributed by atoms with Crippen LogP contribution in [0.1, 0.15) is 39.5 Å². The fraction of sp³-hybridized carbons (Fsp3) is 0.667. The normalized spacial score (nSPS) is 23.7. The van der Waals surface area contributed by atoms with Gasteiger partial charge in [0.2, 0.25) is 0 Å². The summed E-state index contributed by atoms with van der Waals surface area (Å²) >= 11 is 0. The molecule has 1 aromatic heterocycles. The van der Waals surface area contributed by atoms with Crippen molar-refractivity contribution >= 4 is 11.5 Å². The van der Waals surface area contributed by atoms with Crippen LogP contribution in [0.15, 0.2) is 18.3 Å². The molecule has 1 aliphatic carbocycles. The van der Waals surface area contributed by atoms with Gasteiger partial charge >= 0.3 is 0 Å². The van der Waals surface area contributed by atoms with Crippen LogP contribution in [0, 0.1) is 11.8 Å². The van der Waals surface area contributed by atoms with Crippen LogP contribution in [0.25, 0.3) is 0 Å². The maximum absolute atomic E-state index is 4.28.